The molecule has 30 heavy (non-hydrogen) atoms. The average molecular weight is 429 g/mol. The Hall–Kier alpha value is -2.60. The molecule has 2 aromatic rings. The van der Waals surface area contributed by atoms with Crippen LogP contribution in [0.15, 0.2) is 30.3 Å². The van der Waals surface area contributed by atoms with Gasteiger partial charge in [-0.25, -0.2) is 4.68 Å². The molecule has 1 saturated heterocycles. The number of carbonyl (C=O) groups is 2. The predicted molar refractivity (Wildman–Crippen MR) is 119 cm³/mol. The van der Waals surface area contributed by atoms with Crippen molar-refractivity contribution in [2.24, 2.45) is 5.92 Å². The minimum Gasteiger partial charge on any atom is -0.339 e. The number of rotatable bonds is 5. The van der Waals surface area contributed by atoms with Crippen molar-refractivity contribution in [3.05, 3.63) is 57.9 Å². The van der Waals surface area contributed by atoms with E-state index in [1.807, 2.05) is 25.7 Å². The third-order valence-corrected chi connectivity index (χ3v) is 5.75. The molecule has 1 fully saturated rings. The number of aryl methyl sites for hydroxylation is 2. The fraction of sp³-hybridized carbons (Fsp3) is 0.435. The van der Waals surface area contributed by atoms with Gasteiger partial charge in [0.25, 0.3) is 0 Å². The standard InChI is InChI=1S/C23H29ClN4O2/c1-16(2)23(30)27-13-11-26(12-14-27)21(29)10-9-20-18(4)25-28(22(20)24)15-19-7-5-17(3)6-8-19/h5-10,16H,11-15H2,1-4H3/b10-9+. The lowest BCUT2D eigenvalue weighted by Gasteiger charge is -2.35. The number of amides is 2. The van der Waals surface area contributed by atoms with Crippen LogP contribution in [0.2, 0.25) is 5.15 Å². The fourth-order valence-corrected chi connectivity index (χ4v) is 3.80. The van der Waals surface area contributed by atoms with Crippen molar-refractivity contribution in [3.63, 3.8) is 0 Å². The highest BCUT2D eigenvalue weighted by atomic mass is 35.5. The van der Waals surface area contributed by atoms with E-state index in [9.17, 15) is 9.59 Å². The van der Waals surface area contributed by atoms with Crippen LogP contribution in [-0.2, 0) is 16.1 Å². The van der Waals surface area contributed by atoms with E-state index in [1.165, 1.54) is 5.56 Å². The molecule has 0 saturated carbocycles. The number of piperazine rings is 1. The Labute approximate surface area is 183 Å². The number of nitrogens with zero attached hydrogens (tertiary/aromatic N) is 4. The third kappa shape index (κ3) is 5.11. The van der Waals surface area contributed by atoms with E-state index < -0.39 is 0 Å². The lowest BCUT2D eigenvalue weighted by atomic mass is 10.1. The number of hydrogen-bond acceptors (Lipinski definition) is 3. The third-order valence-electron chi connectivity index (χ3n) is 5.35. The van der Waals surface area contributed by atoms with E-state index in [-0.39, 0.29) is 17.7 Å². The summed E-state index contributed by atoms with van der Waals surface area (Å²) >= 11 is 6.54. The van der Waals surface area contributed by atoms with Gasteiger partial charge in [0.05, 0.1) is 12.2 Å². The molecule has 0 unspecified atom stereocenters. The summed E-state index contributed by atoms with van der Waals surface area (Å²) in [4.78, 5) is 28.3. The lowest BCUT2D eigenvalue weighted by molar-refractivity contribution is -0.139. The molecule has 0 bridgehead atoms. The summed E-state index contributed by atoms with van der Waals surface area (Å²) in [6.07, 6.45) is 3.29. The number of hydrogen-bond donors (Lipinski definition) is 0. The first-order valence-electron chi connectivity index (χ1n) is 10.3. The lowest BCUT2D eigenvalue weighted by Crippen LogP contribution is -2.51. The predicted octanol–water partition coefficient (Wildman–Crippen LogP) is 3.54. The van der Waals surface area contributed by atoms with Crippen LogP contribution >= 0.6 is 11.6 Å². The van der Waals surface area contributed by atoms with Gasteiger partial charge in [-0.2, -0.15) is 5.10 Å². The molecule has 1 aliphatic heterocycles. The molecule has 2 heterocycles. The Kier molecular flexibility index (Phi) is 6.98. The fourth-order valence-electron chi connectivity index (χ4n) is 3.50. The largest absolute Gasteiger partial charge is 0.339 e. The van der Waals surface area contributed by atoms with Crippen LogP contribution in [0.25, 0.3) is 6.08 Å². The Bertz CT molecular complexity index is 939. The normalized spacial score (nSPS) is 14.7. The maximum absolute atomic E-state index is 12.6. The smallest absolute Gasteiger partial charge is 0.246 e. The molecule has 7 heteroatoms. The number of benzene rings is 1. The molecule has 1 aliphatic rings. The Balaban J connectivity index is 1.63. The van der Waals surface area contributed by atoms with Crippen molar-refractivity contribution in [2.45, 2.75) is 34.2 Å². The van der Waals surface area contributed by atoms with Crippen molar-refractivity contribution in [2.75, 3.05) is 26.2 Å². The van der Waals surface area contributed by atoms with Gasteiger partial charge in [-0.05, 0) is 25.5 Å². The summed E-state index contributed by atoms with van der Waals surface area (Å²) in [5, 5.41) is 5.05. The van der Waals surface area contributed by atoms with Crippen LogP contribution in [0.3, 0.4) is 0 Å². The number of aromatic nitrogens is 2. The molecule has 0 spiro atoms. The highest BCUT2D eigenvalue weighted by molar-refractivity contribution is 6.31. The van der Waals surface area contributed by atoms with Crippen LogP contribution in [-0.4, -0.2) is 57.6 Å². The molecular formula is C23H29ClN4O2. The van der Waals surface area contributed by atoms with Gasteiger partial charge in [-0.3, -0.25) is 9.59 Å². The molecular weight excluding hydrogens is 400 g/mol. The molecule has 0 N–H and O–H groups in total. The van der Waals surface area contributed by atoms with Crippen LogP contribution in [0.5, 0.6) is 0 Å². The van der Waals surface area contributed by atoms with Crippen LogP contribution in [0, 0.1) is 19.8 Å². The minimum atomic E-state index is -0.0756. The van der Waals surface area contributed by atoms with E-state index in [4.69, 9.17) is 11.6 Å². The molecule has 3 rings (SSSR count). The molecule has 0 atom stereocenters. The molecule has 1 aromatic heterocycles. The Morgan fingerprint density at radius 3 is 2.27 bits per heavy atom. The second-order valence-electron chi connectivity index (χ2n) is 8.07. The molecule has 0 aliphatic carbocycles. The minimum absolute atomic E-state index is 0.0197. The van der Waals surface area contributed by atoms with Gasteiger partial charge < -0.3 is 9.80 Å². The molecule has 2 amide bonds. The van der Waals surface area contributed by atoms with Gasteiger partial charge in [-0.1, -0.05) is 55.3 Å². The topological polar surface area (TPSA) is 58.4 Å². The van der Waals surface area contributed by atoms with Crippen LogP contribution < -0.4 is 0 Å². The summed E-state index contributed by atoms with van der Waals surface area (Å²) in [6.45, 7) is 10.5. The first-order valence-corrected chi connectivity index (χ1v) is 10.7. The van der Waals surface area contributed by atoms with E-state index in [1.54, 1.807) is 21.7 Å². The second-order valence-corrected chi connectivity index (χ2v) is 8.43. The van der Waals surface area contributed by atoms with Gasteiger partial charge in [-0.15, -0.1) is 0 Å². The molecule has 160 valence electrons. The summed E-state index contributed by atoms with van der Waals surface area (Å²) in [6, 6.07) is 8.25. The van der Waals surface area contributed by atoms with E-state index in [0.717, 1.165) is 16.8 Å². The van der Waals surface area contributed by atoms with Crippen molar-refractivity contribution >= 4 is 29.5 Å². The van der Waals surface area contributed by atoms with E-state index in [2.05, 4.69) is 36.3 Å². The van der Waals surface area contributed by atoms with Gasteiger partial charge >= 0.3 is 0 Å². The van der Waals surface area contributed by atoms with Gasteiger partial charge in [0, 0.05) is 43.7 Å². The van der Waals surface area contributed by atoms with Crippen molar-refractivity contribution < 1.29 is 9.59 Å². The maximum atomic E-state index is 12.6. The first kappa shape index (κ1) is 22.1. The van der Waals surface area contributed by atoms with Gasteiger partial charge in [0.15, 0.2) is 0 Å². The van der Waals surface area contributed by atoms with E-state index in [0.29, 0.717) is 37.9 Å². The van der Waals surface area contributed by atoms with Crippen LogP contribution in [0.1, 0.15) is 36.2 Å². The monoisotopic (exact) mass is 428 g/mol. The van der Waals surface area contributed by atoms with Gasteiger partial charge in [0.1, 0.15) is 5.15 Å². The Morgan fingerprint density at radius 1 is 1.07 bits per heavy atom. The van der Waals surface area contributed by atoms with Crippen molar-refractivity contribution in [1.29, 1.82) is 0 Å². The Morgan fingerprint density at radius 2 is 1.67 bits per heavy atom. The van der Waals surface area contributed by atoms with Gasteiger partial charge in [0.2, 0.25) is 11.8 Å². The summed E-state index contributed by atoms with van der Waals surface area (Å²) in [5.41, 5.74) is 3.86. The SMILES string of the molecule is Cc1ccc(Cn2nc(C)c(/C=C/C(=O)N3CCN(C(=O)C(C)C)CC3)c2Cl)cc1. The second kappa shape index (κ2) is 9.47. The summed E-state index contributed by atoms with van der Waals surface area (Å²) < 4.78 is 1.75. The average Bonchev–Trinajstić information content (AvgIpc) is 3.00. The van der Waals surface area contributed by atoms with Crippen molar-refractivity contribution in [3.8, 4) is 0 Å². The highest BCUT2D eigenvalue weighted by Crippen LogP contribution is 2.22. The quantitative estimate of drug-likeness (QED) is 0.684. The zero-order valence-corrected chi connectivity index (χ0v) is 18.8. The maximum Gasteiger partial charge on any atom is 0.246 e. The first-order chi connectivity index (χ1) is 14.3. The molecule has 1 aromatic carbocycles. The molecule has 6 nitrogen and oxygen atoms in total. The van der Waals surface area contributed by atoms with Crippen LogP contribution in [0.4, 0.5) is 0 Å². The zero-order chi connectivity index (χ0) is 21.8. The number of carbonyl (C=O) groups excluding carboxylic acids is 2. The summed E-state index contributed by atoms with van der Waals surface area (Å²) in [5.74, 6) is 0.0446. The zero-order valence-electron chi connectivity index (χ0n) is 18.1. The number of halogens is 1. The molecule has 0 radical (unpaired) electrons. The summed E-state index contributed by atoms with van der Waals surface area (Å²) in [7, 11) is 0. The van der Waals surface area contributed by atoms with Crippen molar-refractivity contribution in [1.82, 2.24) is 19.6 Å². The van der Waals surface area contributed by atoms with E-state index >= 15 is 0 Å². The highest BCUT2D eigenvalue weighted by Gasteiger charge is 2.24.